The fraction of sp³-hybridized carbons (Fsp3) is 0.407. The van der Waals surface area contributed by atoms with E-state index < -0.39 is 132 Å². The Morgan fingerprint density at radius 2 is 1.03 bits per heavy atom. The van der Waals surface area contributed by atoms with Gasteiger partial charge in [0.2, 0.25) is 88.8 Å². The highest BCUT2D eigenvalue weighted by Crippen LogP contribution is 2.26. The van der Waals surface area contributed by atoms with Gasteiger partial charge in [-0.2, -0.15) is 9.97 Å². The number of halogens is 1. The Morgan fingerprint density at radius 1 is 0.564 bits per heavy atom. The van der Waals surface area contributed by atoms with Crippen LogP contribution in [0.25, 0.3) is 10.8 Å². The molecule has 0 spiro atoms. The number of hydrogen-bond donors (Lipinski definition) is 17. The number of nitrogens with two attached hydrogens (primary N) is 3. The monoisotopic (exact) mass is 1630 g/mol. The number of rotatable bonds is 42. The van der Waals surface area contributed by atoms with Gasteiger partial charge in [-0.1, -0.05) is 124 Å². The summed E-state index contributed by atoms with van der Waals surface area (Å²) < 4.78 is 0. The van der Waals surface area contributed by atoms with E-state index in [-0.39, 0.29) is 93.7 Å². The molecule has 0 radical (unpaired) electrons. The first-order valence-electron chi connectivity index (χ1n) is 38.7. The van der Waals surface area contributed by atoms with E-state index in [1.54, 1.807) is 84.9 Å². The number of benzene rings is 5. The summed E-state index contributed by atoms with van der Waals surface area (Å²) in [6.07, 6.45) is 4.03. The number of H-pyrrole nitrogens is 2. The molecule has 5 aromatic carbocycles. The number of nitrogen functional groups attached to an aromatic ring is 2. The largest absolute Gasteiger partial charge is 0.394 e. The molecule has 36 heteroatoms. The summed E-state index contributed by atoms with van der Waals surface area (Å²) in [5.74, 6) is -8.45. The third kappa shape index (κ3) is 26.7. The number of carbonyl (C=O) groups excluding carboxylic acids is 11. The first kappa shape index (κ1) is 88.3. The van der Waals surface area contributed by atoms with Crippen LogP contribution in [0.5, 0.6) is 0 Å². The molecule has 20 N–H and O–H groups in total. The van der Waals surface area contributed by atoms with Crippen LogP contribution in [0, 0.1) is 5.92 Å². The van der Waals surface area contributed by atoms with Gasteiger partial charge in [-0.3, -0.25) is 57.7 Å². The number of nitrogens with zero attached hydrogens (tertiary/aromatic N) is 7. The molecular formula is C81H104ClN23O12. The lowest BCUT2D eigenvalue weighted by molar-refractivity contribution is -0.149. The lowest BCUT2D eigenvalue weighted by Gasteiger charge is -2.36. The molecule has 117 heavy (non-hydrogen) atoms. The van der Waals surface area contributed by atoms with Gasteiger partial charge in [0.15, 0.2) is 0 Å². The van der Waals surface area contributed by atoms with E-state index in [9.17, 15) is 24.3 Å². The number of aromatic amines is 2. The number of pyridine rings is 1. The van der Waals surface area contributed by atoms with Crippen molar-refractivity contribution in [1.29, 1.82) is 0 Å². The molecule has 1 aliphatic rings. The number of anilines is 6. The van der Waals surface area contributed by atoms with Crippen LogP contribution < -0.4 is 75.7 Å². The zero-order valence-electron chi connectivity index (χ0n) is 66.3. The number of likely N-dealkylation sites (tertiary alicyclic amines) is 1. The van der Waals surface area contributed by atoms with E-state index >= 15 is 33.6 Å². The maximum atomic E-state index is 15.6. The van der Waals surface area contributed by atoms with Gasteiger partial charge in [0, 0.05) is 87.5 Å². The van der Waals surface area contributed by atoms with Crippen LogP contribution in [-0.4, -0.2) is 208 Å². The molecule has 10 atom stereocenters. The lowest BCUT2D eigenvalue weighted by atomic mass is 9.98. The van der Waals surface area contributed by atoms with Crippen LogP contribution in [0.4, 0.5) is 35.2 Å². The SMILES string of the molecule is CC(=O)N[C@H](Cc1ccc2ccccc2c1)C(=O)N[C@H](Cc1ccc(Cl)cc1)C(=O)N[C@H](Cc1cccnc1)C(=O)N[C@@H](CO)C(=O)N[C@@H](Cc1ccc(Nc2nc(N)n[nH]2)cc1)C(=O)N[C@H](Cc1ccc(Nc2nc(N)n[nH]2)cc1)C(=O)N[C@@H](CC(C)C)C(=O)N(C)[C@@H](CCCCNC(C)C)C(=O)N1CCC[C@H]1C(=O)N[C@H](C)C(N)=O. The molecule has 0 unspecified atom stereocenters. The van der Waals surface area contributed by atoms with Crippen molar-refractivity contribution in [3.05, 3.63) is 173 Å². The number of nitrogens with one attached hydrogen (secondary N) is 13. The summed E-state index contributed by atoms with van der Waals surface area (Å²) in [5, 5.41) is 57.8. The third-order valence-corrected chi connectivity index (χ3v) is 19.9. The normalized spacial score (nSPS) is 14.9. The van der Waals surface area contributed by atoms with Crippen molar-refractivity contribution >= 4 is 123 Å². The summed E-state index contributed by atoms with van der Waals surface area (Å²) in [5.41, 5.74) is 20.6. The zero-order chi connectivity index (χ0) is 84.4. The molecule has 1 fully saturated rings. The minimum atomic E-state index is -1.86. The molecule has 3 aromatic heterocycles. The van der Waals surface area contributed by atoms with Crippen LogP contribution in [0.1, 0.15) is 108 Å². The summed E-state index contributed by atoms with van der Waals surface area (Å²) >= 11 is 6.29. The van der Waals surface area contributed by atoms with E-state index in [0.717, 1.165) is 10.8 Å². The molecule has 622 valence electrons. The van der Waals surface area contributed by atoms with E-state index in [2.05, 4.69) is 93.8 Å². The highest BCUT2D eigenvalue weighted by Gasteiger charge is 2.42. The number of fused-ring (bicyclic) bond motifs is 1. The second-order valence-electron chi connectivity index (χ2n) is 29.7. The van der Waals surface area contributed by atoms with Crippen molar-refractivity contribution < 1.29 is 57.8 Å². The van der Waals surface area contributed by atoms with Crippen molar-refractivity contribution in [3.63, 3.8) is 0 Å². The predicted molar refractivity (Wildman–Crippen MR) is 440 cm³/mol. The molecule has 0 aliphatic carbocycles. The number of hydrogen-bond acceptors (Lipinski definition) is 22. The van der Waals surface area contributed by atoms with Crippen LogP contribution in [-0.2, 0) is 84.8 Å². The molecule has 4 heterocycles. The van der Waals surface area contributed by atoms with Gasteiger partial charge in [0.25, 0.3) is 0 Å². The topological polar surface area (TPSA) is 521 Å². The Kier molecular flexibility index (Phi) is 32.2. The summed E-state index contributed by atoms with van der Waals surface area (Å²) in [6, 6.07) is 22.7. The molecule has 8 aromatic rings. The van der Waals surface area contributed by atoms with E-state index in [1.807, 2.05) is 70.2 Å². The van der Waals surface area contributed by atoms with Gasteiger partial charge >= 0.3 is 0 Å². The first-order valence-corrected chi connectivity index (χ1v) is 39.1. The van der Waals surface area contributed by atoms with Gasteiger partial charge in [-0.25, -0.2) is 10.2 Å². The van der Waals surface area contributed by atoms with Gasteiger partial charge in [0.1, 0.15) is 60.4 Å². The molecule has 35 nitrogen and oxygen atoms in total. The second-order valence-corrected chi connectivity index (χ2v) is 30.2. The van der Waals surface area contributed by atoms with Crippen molar-refractivity contribution in [2.45, 2.75) is 179 Å². The van der Waals surface area contributed by atoms with Crippen LogP contribution in [0.3, 0.4) is 0 Å². The standard InChI is InChI=1S/C81H104ClN23O12/c1-45(2)36-64(76(116)104(7)67(17-10-11-34-87-46(3)4)77(117)105-35-13-18-66(105)75(115)88-47(5)68(83)108)96-72(112)62(40-51-24-31-58(32-25-51)91-81-99-79(85)101-103-81)93-71(111)61(39-50-22-29-57(30-23-50)90-80-98-78(84)100-102-80)95-74(114)65(44-106)97-73(113)63(42-53-14-12-33-86-43-53)94-70(110)60(38-49-20-27-56(82)28-21-49)92-69(109)59(89-48(6)107)41-52-19-26-54-15-8-9-16-55(54)37-52/h8-9,12,14-16,19-33,37,43,45-47,59-67,87,106H,10-11,13,17-18,34-36,38-42,44H2,1-7H3,(H2,83,108)(H,88,115)(H,89,107)(H,92,109)(H,93,111)(H,94,110)(H,95,114)(H,96,112)(H,97,113)(H4,84,90,98,100,102)(H4,85,91,99,101,103)/t47-,59-,60-,61+,62-,63-,64+,65+,66+,67+/m1/s1. The lowest BCUT2D eigenvalue weighted by Crippen LogP contribution is -2.62. The Hall–Kier alpha value is -12.6. The summed E-state index contributed by atoms with van der Waals surface area (Å²) in [7, 11) is 1.46. The summed E-state index contributed by atoms with van der Waals surface area (Å²) in [4.78, 5) is 175. The third-order valence-electron chi connectivity index (χ3n) is 19.6. The Balaban J connectivity index is 1.01. The molecule has 9 rings (SSSR count). The number of amides is 11. The number of unbranched alkanes of at least 4 members (excludes halogenated alkanes) is 1. The Bertz CT molecular complexity index is 4720. The maximum absolute atomic E-state index is 15.6. The van der Waals surface area contributed by atoms with Crippen molar-refractivity contribution in [2.24, 2.45) is 11.7 Å². The fourth-order valence-electron chi connectivity index (χ4n) is 13.5. The average Bonchev–Trinajstić information content (AvgIpc) is 1.76. The Morgan fingerprint density at radius 3 is 1.50 bits per heavy atom. The second kappa shape index (κ2) is 42.7. The van der Waals surface area contributed by atoms with Gasteiger partial charge < -0.3 is 90.6 Å². The smallest absolute Gasteiger partial charge is 0.246 e. The van der Waals surface area contributed by atoms with E-state index in [0.29, 0.717) is 70.0 Å². The predicted octanol–water partition coefficient (Wildman–Crippen LogP) is 2.72. The summed E-state index contributed by atoms with van der Waals surface area (Å²) in [6.45, 7) is 10.1. The number of primary amides is 1. The van der Waals surface area contributed by atoms with E-state index in [4.69, 9.17) is 28.8 Å². The fourth-order valence-corrected chi connectivity index (χ4v) is 13.6. The number of aliphatic hydroxyl groups is 1. The Labute approximate surface area is 681 Å². The average molecular weight is 1630 g/mol. The van der Waals surface area contributed by atoms with Gasteiger partial charge in [0.05, 0.1) is 6.61 Å². The molecule has 11 amide bonds. The highest BCUT2D eigenvalue weighted by atomic mass is 35.5. The number of carbonyl (C=O) groups is 11. The van der Waals surface area contributed by atoms with Gasteiger partial charge in [-0.15, -0.1) is 10.2 Å². The van der Waals surface area contributed by atoms with Crippen molar-refractivity contribution in [1.82, 2.24) is 93.0 Å². The highest BCUT2D eigenvalue weighted by molar-refractivity contribution is 6.30. The van der Waals surface area contributed by atoms with Crippen LogP contribution in [0.2, 0.25) is 5.02 Å². The molecule has 0 saturated carbocycles. The minimum absolute atomic E-state index is 0.0147. The number of aromatic nitrogens is 7. The number of aliphatic hydroxyl groups excluding tert-OH is 1. The first-order chi connectivity index (χ1) is 55.9. The number of likely N-dealkylation sites (N-methyl/N-ethyl adjacent to an activating group) is 1. The van der Waals surface area contributed by atoms with Crippen LogP contribution in [0.15, 0.2) is 140 Å². The van der Waals surface area contributed by atoms with Crippen molar-refractivity contribution in [2.75, 3.05) is 48.8 Å². The zero-order valence-corrected chi connectivity index (χ0v) is 67.0. The maximum Gasteiger partial charge on any atom is 0.246 e. The van der Waals surface area contributed by atoms with Crippen LogP contribution >= 0.6 is 11.6 Å². The molecule has 1 saturated heterocycles. The van der Waals surface area contributed by atoms with Gasteiger partial charge in [-0.05, 0) is 139 Å². The van der Waals surface area contributed by atoms with Crippen molar-refractivity contribution in [3.8, 4) is 0 Å². The quantitative estimate of drug-likeness (QED) is 0.0245. The molecule has 1 aliphatic heterocycles. The van der Waals surface area contributed by atoms with E-state index in [1.165, 1.54) is 43.1 Å². The minimum Gasteiger partial charge on any atom is -0.394 e. The molecular weight excluding hydrogens is 1520 g/mol. The molecule has 0 bridgehead atoms.